The molecule has 1 unspecified atom stereocenters. The number of amides is 2. The summed E-state index contributed by atoms with van der Waals surface area (Å²) in [6.45, 7) is 0. The molecule has 0 bridgehead atoms. The van der Waals surface area contributed by atoms with E-state index in [1.165, 1.54) is 48.5 Å². The van der Waals surface area contributed by atoms with Gasteiger partial charge in [0.1, 0.15) is 11.6 Å². The molecule has 3 N–H and O–H groups in total. The lowest BCUT2D eigenvalue weighted by Crippen LogP contribution is -2.29. The number of aliphatic carboxylic acids is 1. The number of ketones is 1. The van der Waals surface area contributed by atoms with Crippen LogP contribution in [0.15, 0.2) is 84.5 Å². The van der Waals surface area contributed by atoms with Crippen molar-refractivity contribution in [3.8, 4) is 0 Å². The molecule has 0 aliphatic carbocycles. The zero-order valence-corrected chi connectivity index (χ0v) is 20.7. The Labute approximate surface area is 225 Å². The number of anilines is 2. The van der Waals surface area contributed by atoms with E-state index in [-0.39, 0.29) is 38.1 Å². The number of aliphatic hydroxyl groups is 1. The van der Waals surface area contributed by atoms with E-state index in [1.54, 1.807) is 12.1 Å². The summed E-state index contributed by atoms with van der Waals surface area (Å²) in [7, 11) is 0. The number of nitrogens with zero attached hydrogens (tertiary/aromatic N) is 1. The molecular formula is C27H17Cl2FN2O6. The molecule has 2 amide bonds. The Bertz CT molecular complexity index is 1550. The number of carbonyl (C=O) groups is 4. The number of hydrogen-bond donors (Lipinski definition) is 3. The number of halogens is 3. The van der Waals surface area contributed by atoms with Gasteiger partial charge in [-0.2, -0.15) is 0 Å². The van der Waals surface area contributed by atoms with Crippen molar-refractivity contribution in [1.29, 1.82) is 0 Å². The molecule has 1 aliphatic heterocycles. The van der Waals surface area contributed by atoms with Gasteiger partial charge >= 0.3 is 5.97 Å². The highest BCUT2D eigenvalue weighted by molar-refractivity contribution is 6.52. The highest BCUT2D eigenvalue weighted by atomic mass is 35.5. The number of carboxylic acids is 1. The van der Waals surface area contributed by atoms with Gasteiger partial charge in [0.05, 0.1) is 16.6 Å². The van der Waals surface area contributed by atoms with Gasteiger partial charge in [-0.25, -0.2) is 9.18 Å². The Balaban J connectivity index is 1.84. The van der Waals surface area contributed by atoms with Crippen LogP contribution in [0.3, 0.4) is 0 Å². The third-order valence-corrected chi connectivity index (χ3v) is 6.11. The second kappa shape index (κ2) is 10.9. The summed E-state index contributed by atoms with van der Waals surface area (Å²) in [4.78, 5) is 50.1. The number of hydrogen-bond acceptors (Lipinski definition) is 5. The van der Waals surface area contributed by atoms with Gasteiger partial charge in [0.15, 0.2) is 0 Å². The zero-order valence-electron chi connectivity index (χ0n) is 19.2. The topological polar surface area (TPSA) is 124 Å². The highest BCUT2D eigenvalue weighted by Crippen LogP contribution is 2.43. The average Bonchev–Trinajstić information content (AvgIpc) is 3.14. The first-order chi connectivity index (χ1) is 18.1. The van der Waals surface area contributed by atoms with E-state index in [0.29, 0.717) is 6.08 Å². The number of carbonyl (C=O) groups excluding carboxylic acids is 3. The summed E-state index contributed by atoms with van der Waals surface area (Å²) in [5.41, 5.74) is 0.313. The van der Waals surface area contributed by atoms with Crippen LogP contribution in [-0.2, 0) is 19.2 Å². The molecule has 8 nitrogen and oxygen atoms in total. The Morgan fingerprint density at radius 2 is 1.68 bits per heavy atom. The first-order valence-corrected chi connectivity index (χ1v) is 11.7. The number of carboxylic acid groups (broad SMARTS) is 1. The van der Waals surface area contributed by atoms with E-state index in [2.05, 4.69) is 5.32 Å². The lowest BCUT2D eigenvalue weighted by molar-refractivity contribution is -0.132. The minimum atomic E-state index is -1.31. The van der Waals surface area contributed by atoms with Crippen molar-refractivity contribution < 1.29 is 33.8 Å². The predicted octanol–water partition coefficient (Wildman–Crippen LogP) is 5.34. The van der Waals surface area contributed by atoms with E-state index in [4.69, 9.17) is 28.3 Å². The molecule has 0 aromatic heterocycles. The molecule has 0 spiro atoms. The molecule has 1 aliphatic rings. The number of rotatable bonds is 6. The summed E-state index contributed by atoms with van der Waals surface area (Å²) in [5, 5.41) is 22.5. The molecule has 11 heteroatoms. The van der Waals surface area contributed by atoms with Crippen LogP contribution in [0.1, 0.15) is 17.2 Å². The molecule has 0 saturated carbocycles. The summed E-state index contributed by atoms with van der Waals surface area (Å²) in [5.74, 6) is -5.43. The van der Waals surface area contributed by atoms with Crippen molar-refractivity contribution in [2.24, 2.45) is 0 Å². The Morgan fingerprint density at radius 3 is 2.37 bits per heavy atom. The minimum Gasteiger partial charge on any atom is -0.507 e. The van der Waals surface area contributed by atoms with Crippen LogP contribution < -0.4 is 10.2 Å². The van der Waals surface area contributed by atoms with Crippen molar-refractivity contribution in [2.45, 2.75) is 6.04 Å². The molecule has 1 fully saturated rings. The van der Waals surface area contributed by atoms with Gasteiger partial charge in [-0.15, -0.1) is 0 Å². The first-order valence-electron chi connectivity index (χ1n) is 10.9. The lowest BCUT2D eigenvalue weighted by Gasteiger charge is -2.25. The Kier molecular flexibility index (Phi) is 7.61. The summed E-state index contributed by atoms with van der Waals surface area (Å²) in [6, 6.07) is 14.4. The van der Waals surface area contributed by atoms with E-state index >= 15 is 0 Å². The molecule has 38 heavy (non-hydrogen) atoms. The molecule has 1 saturated heterocycles. The van der Waals surface area contributed by atoms with Crippen molar-refractivity contribution in [3.05, 3.63) is 111 Å². The van der Waals surface area contributed by atoms with Gasteiger partial charge in [-0.1, -0.05) is 47.5 Å². The van der Waals surface area contributed by atoms with E-state index in [0.717, 1.165) is 17.0 Å². The summed E-state index contributed by atoms with van der Waals surface area (Å²) >= 11 is 11.9. The van der Waals surface area contributed by atoms with E-state index in [9.17, 15) is 28.7 Å². The molecule has 1 heterocycles. The molecule has 3 aromatic carbocycles. The fourth-order valence-corrected chi connectivity index (χ4v) is 4.26. The van der Waals surface area contributed by atoms with Crippen molar-refractivity contribution in [3.63, 3.8) is 0 Å². The summed E-state index contributed by atoms with van der Waals surface area (Å²) < 4.78 is 14.5. The van der Waals surface area contributed by atoms with Gasteiger partial charge in [0.25, 0.3) is 11.7 Å². The molecular weight excluding hydrogens is 538 g/mol. The van der Waals surface area contributed by atoms with E-state index < -0.39 is 41.2 Å². The smallest absolute Gasteiger partial charge is 0.328 e. The minimum absolute atomic E-state index is 0.0635. The second-order valence-electron chi connectivity index (χ2n) is 8.06. The van der Waals surface area contributed by atoms with Crippen LogP contribution in [-0.4, -0.2) is 33.8 Å². The number of nitrogens with one attached hydrogen (secondary N) is 1. The fraction of sp³-hybridized carbons (Fsp3) is 0.0370. The maximum absolute atomic E-state index is 14.5. The molecule has 4 rings (SSSR count). The van der Waals surface area contributed by atoms with Gasteiger partial charge in [0.2, 0.25) is 5.91 Å². The predicted molar refractivity (Wildman–Crippen MR) is 139 cm³/mol. The van der Waals surface area contributed by atoms with Crippen LogP contribution in [0.4, 0.5) is 15.8 Å². The van der Waals surface area contributed by atoms with Crippen LogP contribution in [0.25, 0.3) is 5.76 Å². The molecule has 1 atom stereocenters. The number of Topliss-reactive ketones (excluding diaryl/α,β-unsaturated/α-hetero) is 1. The standard InChI is InChI=1S/C27H17Cl2FN2O6/c28-16-4-2-6-18(13-16)32-24(14-7-8-19(29)20(30)12-14)23(26(37)27(32)38)25(36)15-3-1-5-17(11-15)31-21(33)9-10-22(34)35/h1-13,24,36H,(H,31,33)(H,34,35)/b10-9+,25-23?. The zero-order chi connectivity index (χ0) is 27.6. The van der Waals surface area contributed by atoms with Gasteiger partial charge in [0, 0.05) is 34.1 Å². The number of aliphatic hydroxyl groups excluding tert-OH is 1. The fourth-order valence-electron chi connectivity index (χ4n) is 3.95. The highest BCUT2D eigenvalue weighted by Gasteiger charge is 2.47. The van der Waals surface area contributed by atoms with Crippen LogP contribution in [0.5, 0.6) is 0 Å². The van der Waals surface area contributed by atoms with Gasteiger partial charge in [-0.05, 0) is 48.0 Å². The quantitative estimate of drug-likeness (QED) is 0.214. The second-order valence-corrected chi connectivity index (χ2v) is 8.91. The van der Waals surface area contributed by atoms with Crippen LogP contribution in [0.2, 0.25) is 10.0 Å². The van der Waals surface area contributed by atoms with Gasteiger partial charge < -0.3 is 15.5 Å². The molecule has 0 radical (unpaired) electrons. The van der Waals surface area contributed by atoms with Crippen LogP contribution in [0, 0.1) is 5.82 Å². The van der Waals surface area contributed by atoms with Crippen molar-refractivity contribution in [2.75, 3.05) is 10.2 Å². The first kappa shape index (κ1) is 26.6. The average molecular weight is 555 g/mol. The summed E-state index contributed by atoms with van der Waals surface area (Å²) in [6.07, 6.45) is 1.46. The Morgan fingerprint density at radius 1 is 0.947 bits per heavy atom. The normalized spacial score (nSPS) is 16.7. The lowest BCUT2D eigenvalue weighted by atomic mass is 9.95. The maximum atomic E-state index is 14.5. The third-order valence-electron chi connectivity index (χ3n) is 5.57. The maximum Gasteiger partial charge on any atom is 0.328 e. The van der Waals surface area contributed by atoms with Gasteiger partial charge in [-0.3, -0.25) is 19.3 Å². The van der Waals surface area contributed by atoms with E-state index in [1.807, 2.05) is 0 Å². The van der Waals surface area contributed by atoms with Crippen molar-refractivity contribution in [1.82, 2.24) is 0 Å². The SMILES string of the molecule is O=C(O)/C=C/C(=O)Nc1cccc(C(O)=C2C(=O)C(=O)N(c3cccc(Cl)c3)C2c2ccc(Cl)c(F)c2)c1. The monoisotopic (exact) mass is 554 g/mol. The molecule has 3 aromatic rings. The largest absolute Gasteiger partial charge is 0.507 e. The van der Waals surface area contributed by atoms with Crippen LogP contribution >= 0.6 is 23.2 Å². The Hall–Kier alpha value is -4.47. The molecule has 192 valence electrons. The third kappa shape index (κ3) is 5.44. The van der Waals surface area contributed by atoms with Crippen molar-refractivity contribution >= 4 is 63.9 Å². The number of benzene rings is 3.